The van der Waals surface area contributed by atoms with E-state index >= 15 is 0 Å². The van der Waals surface area contributed by atoms with E-state index in [0.717, 1.165) is 43.6 Å². The molecule has 0 bridgehead atoms. The van der Waals surface area contributed by atoms with Gasteiger partial charge in [0.05, 0.1) is 18.7 Å². The van der Waals surface area contributed by atoms with Crippen LogP contribution in [-0.2, 0) is 22.6 Å². The summed E-state index contributed by atoms with van der Waals surface area (Å²) in [7, 11) is 4.78. The van der Waals surface area contributed by atoms with Crippen molar-refractivity contribution in [3.05, 3.63) is 69.7 Å². The number of fused-ring (bicyclic) bond motifs is 3. The summed E-state index contributed by atoms with van der Waals surface area (Å²) in [4.78, 5) is 43.9. The molecule has 11 heteroatoms. The Morgan fingerprint density at radius 3 is 2.42 bits per heavy atom. The molecule has 0 aromatic heterocycles. The number of likely N-dealkylation sites (tertiary alicyclic amines) is 1. The zero-order valence-electron chi connectivity index (χ0n) is 25.7. The zero-order chi connectivity index (χ0) is 32.4. The maximum Gasteiger partial charge on any atom is 0.255 e. The average Bonchev–Trinajstić information content (AvgIpc) is 2.99. The number of Topliss-reactive ketones (excluding diaryl/α,β-unsaturated/α-hetero) is 2. The van der Waals surface area contributed by atoms with Crippen LogP contribution in [0.25, 0.3) is 11.1 Å². The molecule has 1 aliphatic heterocycles. The first-order valence-corrected chi connectivity index (χ1v) is 15.3. The van der Waals surface area contributed by atoms with Crippen LogP contribution >= 0.6 is 0 Å². The van der Waals surface area contributed by atoms with Gasteiger partial charge in [-0.2, -0.15) is 0 Å². The first-order valence-electron chi connectivity index (χ1n) is 15.3. The Bertz CT molecular complexity index is 1670. The number of methoxy groups -OCH3 is 1. The smallest absolute Gasteiger partial charge is 0.255 e. The number of hydrogen-bond acceptors (Lipinski definition) is 10. The van der Waals surface area contributed by atoms with Crippen LogP contribution in [0.4, 0.5) is 0 Å². The summed E-state index contributed by atoms with van der Waals surface area (Å²) in [6.07, 6.45) is 3.77. The number of carbonyl (C=O) groups excluding carboxylic acids is 3. The second kappa shape index (κ2) is 11.3. The molecule has 11 nitrogen and oxygen atoms in total. The van der Waals surface area contributed by atoms with Gasteiger partial charge in [-0.1, -0.05) is 18.6 Å². The molecule has 1 amide bonds. The molecule has 0 unspecified atom stereocenters. The summed E-state index contributed by atoms with van der Waals surface area (Å²) in [6.45, 7) is 2.82. The molecular weight excluding hydrogens is 578 g/mol. The largest absolute Gasteiger partial charge is 0.510 e. The lowest BCUT2D eigenvalue weighted by molar-refractivity contribution is -0.148. The molecule has 1 heterocycles. The van der Waals surface area contributed by atoms with Crippen molar-refractivity contribution >= 4 is 17.5 Å². The average molecular weight is 618 g/mol. The molecular formula is C34H39N3O8. The number of likely N-dealkylation sites (N-methyl/N-ethyl adjacent to an activating group) is 1. The Balaban J connectivity index is 1.48. The Morgan fingerprint density at radius 2 is 1.78 bits per heavy atom. The van der Waals surface area contributed by atoms with Crippen molar-refractivity contribution in [2.45, 2.75) is 50.3 Å². The molecule has 0 radical (unpaired) electrons. The molecule has 0 spiro atoms. The lowest BCUT2D eigenvalue weighted by Crippen LogP contribution is -2.63. The quantitative estimate of drug-likeness (QED) is 0.303. The molecule has 1 saturated heterocycles. The van der Waals surface area contributed by atoms with Crippen molar-refractivity contribution < 1.29 is 39.5 Å². The topological polar surface area (TPSA) is 174 Å². The molecule has 238 valence electrons. The lowest BCUT2D eigenvalue weighted by Gasteiger charge is -2.50. The number of aromatic hydroxyl groups is 1. The van der Waals surface area contributed by atoms with Crippen LogP contribution in [0, 0.1) is 11.8 Å². The Morgan fingerprint density at radius 1 is 1.07 bits per heavy atom. The molecule has 4 aliphatic rings. The van der Waals surface area contributed by atoms with E-state index in [9.17, 15) is 34.8 Å². The number of ether oxygens (including phenoxy) is 1. The van der Waals surface area contributed by atoms with Crippen molar-refractivity contribution in [3.63, 3.8) is 0 Å². The summed E-state index contributed by atoms with van der Waals surface area (Å²) in [5.41, 5.74) is 4.78. The number of nitrogens with two attached hydrogens (primary N) is 1. The zero-order valence-corrected chi connectivity index (χ0v) is 25.7. The number of benzene rings is 2. The van der Waals surface area contributed by atoms with Crippen LogP contribution in [0.2, 0.25) is 0 Å². The number of phenols is 1. The molecule has 6 N–H and O–H groups in total. The van der Waals surface area contributed by atoms with Gasteiger partial charge in [0.2, 0.25) is 5.78 Å². The van der Waals surface area contributed by atoms with Crippen molar-refractivity contribution in [1.29, 1.82) is 0 Å². The van der Waals surface area contributed by atoms with E-state index in [2.05, 4.69) is 4.90 Å². The van der Waals surface area contributed by atoms with Gasteiger partial charge in [0.25, 0.3) is 5.91 Å². The van der Waals surface area contributed by atoms with Gasteiger partial charge in [-0.15, -0.1) is 0 Å². The SMILES string of the molecule is COc1ccc(CN2CCCCC2)cc1-c1ccc(O)c2c1C[C@H]1C[C@@H]3[C@H](N(C)C)C(O)=C(C(N)=O)C(=O)[C@@]3(O)C(O)=C1C2=O. The lowest BCUT2D eigenvalue weighted by atomic mass is 9.58. The fraction of sp³-hybridized carbons (Fsp3) is 0.441. The minimum Gasteiger partial charge on any atom is -0.510 e. The number of allylic oxidation sites excluding steroid dienone is 1. The van der Waals surface area contributed by atoms with Crippen molar-refractivity contribution in [2.24, 2.45) is 17.6 Å². The molecule has 0 saturated carbocycles. The highest BCUT2D eigenvalue weighted by Gasteiger charge is 2.63. The first kappa shape index (κ1) is 30.8. The Kier molecular flexibility index (Phi) is 7.75. The normalized spacial score (nSPS) is 26.9. The van der Waals surface area contributed by atoms with E-state index in [1.165, 1.54) is 17.4 Å². The highest BCUT2D eigenvalue weighted by molar-refractivity contribution is 6.25. The maximum absolute atomic E-state index is 14.2. The summed E-state index contributed by atoms with van der Waals surface area (Å²) in [6, 6.07) is 8.09. The Labute approximate surface area is 261 Å². The van der Waals surface area contributed by atoms with Crippen molar-refractivity contribution in [1.82, 2.24) is 9.80 Å². The van der Waals surface area contributed by atoms with Crippen LogP contribution in [0.1, 0.15) is 47.2 Å². The number of rotatable bonds is 6. The molecule has 6 rings (SSSR count). The van der Waals surface area contributed by atoms with E-state index < -0.39 is 58.0 Å². The summed E-state index contributed by atoms with van der Waals surface area (Å²) in [5, 5.41) is 45.4. The highest BCUT2D eigenvalue weighted by Crippen LogP contribution is 2.53. The van der Waals surface area contributed by atoms with Crippen LogP contribution in [0.15, 0.2) is 53.0 Å². The van der Waals surface area contributed by atoms with E-state index in [1.54, 1.807) is 27.3 Å². The van der Waals surface area contributed by atoms with Gasteiger partial charge in [0.1, 0.15) is 28.6 Å². The molecule has 2 aromatic carbocycles. The van der Waals surface area contributed by atoms with Crippen LogP contribution < -0.4 is 10.5 Å². The summed E-state index contributed by atoms with van der Waals surface area (Å²) in [5.74, 6) is -6.17. The monoisotopic (exact) mass is 617 g/mol. The maximum atomic E-state index is 14.2. The minimum atomic E-state index is -2.68. The van der Waals surface area contributed by atoms with Gasteiger partial charge >= 0.3 is 0 Å². The van der Waals surface area contributed by atoms with Gasteiger partial charge in [-0.05, 0) is 93.7 Å². The van der Waals surface area contributed by atoms with Gasteiger partial charge in [-0.25, -0.2) is 0 Å². The Hall–Kier alpha value is -4.19. The second-order valence-electron chi connectivity index (χ2n) is 12.8. The summed E-state index contributed by atoms with van der Waals surface area (Å²) < 4.78 is 5.74. The number of aliphatic hydroxyl groups excluding tert-OH is 2. The summed E-state index contributed by atoms with van der Waals surface area (Å²) >= 11 is 0. The van der Waals surface area contributed by atoms with Crippen molar-refractivity contribution in [3.8, 4) is 22.6 Å². The van der Waals surface area contributed by atoms with Gasteiger partial charge in [-0.3, -0.25) is 24.2 Å². The minimum absolute atomic E-state index is 0.0208. The van der Waals surface area contributed by atoms with E-state index in [1.807, 2.05) is 18.2 Å². The van der Waals surface area contributed by atoms with Gasteiger partial charge < -0.3 is 30.9 Å². The molecule has 1 fully saturated rings. The standard InChI is InChI=1S/C34H39N3O8/c1-36(2)28-22-15-18-14-21-19(20-13-17(7-10-24(20)45-3)16-37-11-5-4-6-12-37)8-9-23(38)26(21)29(39)25(18)31(41)34(22,44)32(42)27(30(28)40)33(35)43/h7-10,13,18,22,28,38,40-41,44H,4-6,11-12,14-16H2,1-3H3,(H2,35,43)/t18-,22+,28-,34-/m0/s1. The molecule has 4 atom stereocenters. The van der Waals surface area contributed by atoms with Crippen LogP contribution in [0.5, 0.6) is 11.5 Å². The third kappa shape index (κ3) is 4.72. The number of carbonyl (C=O) groups is 3. The predicted molar refractivity (Wildman–Crippen MR) is 165 cm³/mol. The number of amides is 1. The number of aliphatic hydroxyl groups is 3. The number of ketones is 2. The first-order chi connectivity index (χ1) is 21.4. The van der Waals surface area contributed by atoms with Crippen molar-refractivity contribution in [2.75, 3.05) is 34.3 Å². The third-order valence-electron chi connectivity index (χ3n) is 10.0. The van der Waals surface area contributed by atoms with Gasteiger partial charge in [0, 0.05) is 23.6 Å². The van der Waals surface area contributed by atoms with Crippen LogP contribution in [0.3, 0.4) is 0 Å². The number of piperidine rings is 1. The predicted octanol–water partition coefficient (Wildman–Crippen LogP) is 2.78. The second-order valence-corrected chi connectivity index (χ2v) is 12.8. The molecule has 2 aromatic rings. The van der Waals surface area contributed by atoms with E-state index in [0.29, 0.717) is 16.9 Å². The number of phenolic OH excluding ortho intramolecular Hbond substituents is 1. The molecule has 3 aliphatic carbocycles. The van der Waals surface area contributed by atoms with Gasteiger partial charge in [0.15, 0.2) is 11.4 Å². The van der Waals surface area contributed by atoms with E-state index in [4.69, 9.17) is 10.5 Å². The fourth-order valence-electron chi connectivity index (χ4n) is 7.94. The molecule has 45 heavy (non-hydrogen) atoms. The van der Waals surface area contributed by atoms with Crippen LogP contribution in [-0.4, -0.2) is 93.6 Å². The number of primary amides is 1. The third-order valence-corrected chi connectivity index (χ3v) is 10.0. The number of hydrogen-bond donors (Lipinski definition) is 5. The number of nitrogens with zero attached hydrogens (tertiary/aromatic N) is 2. The van der Waals surface area contributed by atoms with E-state index in [-0.39, 0.29) is 29.7 Å². The fourth-order valence-corrected chi connectivity index (χ4v) is 7.94. The highest BCUT2D eigenvalue weighted by atomic mass is 16.5.